The molecule has 1 N–H and O–H groups in total. The molecule has 4 rings (SSSR count). The van der Waals surface area contributed by atoms with Crippen LogP contribution in [0, 0.1) is 6.92 Å². The zero-order chi connectivity index (χ0) is 17.2. The third-order valence-corrected chi connectivity index (χ3v) is 5.35. The standard InChI is InChI=1S/C18H25N5O2/c1-13-20-18(25-21-13)14-6-7-19-17(10-14)23-9-3-4-15(23)11-22-8-2-5-16(22)12-24/h6-7,10,15-16,24H,2-5,8-9,11-12H2,1H3. The summed E-state index contributed by atoms with van der Waals surface area (Å²) in [5, 5.41) is 13.4. The van der Waals surface area contributed by atoms with Crippen LogP contribution in [0.3, 0.4) is 0 Å². The molecule has 0 aromatic carbocycles. The van der Waals surface area contributed by atoms with Gasteiger partial charge in [-0.3, -0.25) is 4.90 Å². The van der Waals surface area contributed by atoms with E-state index in [-0.39, 0.29) is 6.61 Å². The molecule has 0 aliphatic carbocycles. The minimum absolute atomic E-state index is 0.261. The van der Waals surface area contributed by atoms with Gasteiger partial charge in [0.1, 0.15) is 5.82 Å². The van der Waals surface area contributed by atoms with Gasteiger partial charge in [0.15, 0.2) is 5.82 Å². The molecule has 25 heavy (non-hydrogen) atoms. The monoisotopic (exact) mass is 343 g/mol. The minimum Gasteiger partial charge on any atom is -0.395 e. The summed E-state index contributed by atoms with van der Waals surface area (Å²) >= 11 is 0. The lowest BCUT2D eigenvalue weighted by Crippen LogP contribution is -2.43. The summed E-state index contributed by atoms with van der Waals surface area (Å²) in [5.41, 5.74) is 0.908. The first-order valence-corrected chi connectivity index (χ1v) is 9.13. The Morgan fingerprint density at radius 1 is 1.24 bits per heavy atom. The molecule has 2 aromatic rings. The molecule has 0 bridgehead atoms. The van der Waals surface area contributed by atoms with Crippen molar-refractivity contribution in [1.29, 1.82) is 0 Å². The number of aromatic nitrogens is 3. The van der Waals surface area contributed by atoms with E-state index in [1.54, 1.807) is 0 Å². The summed E-state index contributed by atoms with van der Waals surface area (Å²) in [5.74, 6) is 2.14. The Labute approximate surface area is 147 Å². The van der Waals surface area contributed by atoms with Gasteiger partial charge < -0.3 is 14.5 Å². The Kier molecular flexibility index (Phi) is 4.67. The minimum atomic E-state index is 0.261. The third kappa shape index (κ3) is 3.39. The Morgan fingerprint density at radius 3 is 2.88 bits per heavy atom. The summed E-state index contributed by atoms with van der Waals surface area (Å²) in [6, 6.07) is 4.71. The fraction of sp³-hybridized carbons (Fsp3) is 0.611. The Bertz CT molecular complexity index is 719. The number of aliphatic hydroxyl groups is 1. The molecule has 7 nitrogen and oxygen atoms in total. The Balaban J connectivity index is 1.52. The summed E-state index contributed by atoms with van der Waals surface area (Å²) in [6.07, 6.45) is 6.44. The lowest BCUT2D eigenvalue weighted by Gasteiger charge is -2.32. The van der Waals surface area contributed by atoms with Crippen LogP contribution >= 0.6 is 0 Å². The first-order chi connectivity index (χ1) is 12.2. The maximum Gasteiger partial charge on any atom is 0.258 e. The van der Waals surface area contributed by atoms with Crippen LogP contribution in [0.25, 0.3) is 11.5 Å². The second kappa shape index (κ2) is 7.09. The Hall–Kier alpha value is -1.99. The molecule has 2 aliphatic rings. The molecule has 2 unspecified atom stereocenters. The van der Waals surface area contributed by atoms with E-state index in [0.717, 1.165) is 37.4 Å². The number of aryl methyl sites for hydroxylation is 1. The van der Waals surface area contributed by atoms with Gasteiger partial charge in [-0.25, -0.2) is 4.98 Å². The Morgan fingerprint density at radius 2 is 2.08 bits per heavy atom. The molecule has 2 saturated heterocycles. The molecule has 0 saturated carbocycles. The van der Waals surface area contributed by atoms with Crippen molar-refractivity contribution in [2.45, 2.75) is 44.7 Å². The molecule has 2 aromatic heterocycles. The van der Waals surface area contributed by atoms with E-state index < -0.39 is 0 Å². The van der Waals surface area contributed by atoms with Crippen molar-refractivity contribution >= 4 is 5.82 Å². The van der Waals surface area contributed by atoms with Crippen molar-refractivity contribution in [2.24, 2.45) is 0 Å². The van der Waals surface area contributed by atoms with Crippen LogP contribution in [0.5, 0.6) is 0 Å². The van der Waals surface area contributed by atoms with E-state index in [4.69, 9.17) is 4.52 Å². The number of anilines is 1. The summed E-state index contributed by atoms with van der Waals surface area (Å²) < 4.78 is 5.29. The van der Waals surface area contributed by atoms with Crippen molar-refractivity contribution < 1.29 is 9.63 Å². The fourth-order valence-electron chi connectivity index (χ4n) is 4.06. The van der Waals surface area contributed by atoms with Crippen LogP contribution in [0.4, 0.5) is 5.82 Å². The second-order valence-corrected chi connectivity index (χ2v) is 7.01. The predicted octanol–water partition coefficient (Wildman–Crippen LogP) is 1.87. The predicted molar refractivity (Wildman–Crippen MR) is 94.3 cm³/mol. The highest BCUT2D eigenvalue weighted by Gasteiger charge is 2.32. The van der Waals surface area contributed by atoms with Crippen LogP contribution in [0.15, 0.2) is 22.9 Å². The van der Waals surface area contributed by atoms with Crippen LogP contribution < -0.4 is 4.90 Å². The van der Waals surface area contributed by atoms with Gasteiger partial charge in [-0.2, -0.15) is 4.98 Å². The number of likely N-dealkylation sites (tertiary alicyclic amines) is 1. The third-order valence-electron chi connectivity index (χ3n) is 5.35. The summed E-state index contributed by atoms with van der Waals surface area (Å²) in [6.45, 7) is 5.18. The van der Waals surface area contributed by atoms with Gasteiger partial charge in [-0.15, -0.1) is 0 Å². The van der Waals surface area contributed by atoms with Gasteiger partial charge in [0.05, 0.1) is 6.61 Å². The average Bonchev–Trinajstić information content (AvgIpc) is 3.36. The zero-order valence-corrected chi connectivity index (χ0v) is 14.6. The smallest absolute Gasteiger partial charge is 0.258 e. The highest BCUT2D eigenvalue weighted by molar-refractivity contribution is 5.59. The summed E-state index contributed by atoms with van der Waals surface area (Å²) in [7, 11) is 0. The van der Waals surface area contributed by atoms with Gasteiger partial charge in [0.25, 0.3) is 5.89 Å². The van der Waals surface area contributed by atoms with Gasteiger partial charge in [-0.1, -0.05) is 5.16 Å². The molecule has 7 heteroatoms. The molecule has 0 radical (unpaired) electrons. The number of hydrogen-bond donors (Lipinski definition) is 1. The molecule has 0 amide bonds. The molecule has 4 heterocycles. The molecular weight excluding hydrogens is 318 g/mol. The van der Waals surface area contributed by atoms with Gasteiger partial charge in [0.2, 0.25) is 0 Å². The molecule has 2 atom stereocenters. The van der Waals surface area contributed by atoms with E-state index in [0.29, 0.717) is 23.8 Å². The number of hydrogen-bond acceptors (Lipinski definition) is 7. The van der Waals surface area contributed by atoms with Gasteiger partial charge >= 0.3 is 0 Å². The molecule has 0 spiro atoms. The highest BCUT2D eigenvalue weighted by atomic mass is 16.5. The number of pyridine rings is 1. The van der Waals surface area contributed by atoms with Gasteiger partial charge in [-0.05, 0) is 51.3 Å². The van der Waals surface area contributed by atoms with E-state index in [2.05, 4.69) is 24.9 Å². The quantitative estimate of drug-likeness (QED) is 0.888. The highest BCUT2D eigenvalue weighted by Crippen LogP contribution is 2.29. The first kappa shape index (κ1) is 16.5. The second-order valence-electron chi connectivity index (χ2n) is 7.01. The van der Waals surface area contributed by atoms with Gasteiger partial charge in [0, 0.05) is 36.9 Å². The van der Waals surface area contributed by atoms with E-state index in [1.165, 1.54) is 19.3 Å². The van der Waals surface area contributed by atoms with Crippen molar-refractivity contribution in [3.05, 3.63) is 24.2 Å². The van der Waals surface area contributed by atoms with Crippen LogP contribution in [-0.4, -0.2) is 63.5 Å². The molecule has 2 fully saturated rings. The largest absolute Gasteiger partial charge is 0.395 e. The van der Waals surface area contributed by atoms with Crippen LogP contribution in [-0.2, 0) is 0 Å². The lowest BCUT2D eigenvalue weighted by molar-refractivity contribution is 0.153. The molecule has 134 valence electrons. The maximum atomic E-state index is 9.57. The first-order valence-electron chi connectivity index (χ1n) is 9.13. The number of nitrogens with zero attached hydrogens (tertiary/aromatic N) is 5. The van der Waals surface area contributed by atoms with Crippen molar-refractivity contribution in [2.75, 3.05) is 31.1 Å². The topological polar surface area (TPSA) is 78.5 Å². The molecular formula is C18H25N5O2. The van der Waals surface area contributed by atoms with Crippen molar-refractivity contribution in [3.8, 4) is 11.5 Å². The van der Waals surface area contributed by atoms with Crippen LogP contribution in [0.1, 0.15) is 31.5 Å². The summed E-state index contributed by atoms with van der Waals surface area (Å²) in [4.78, 5) is 13.7. The van der Waals surface area contributed by atoms with E-state index >= 15 is 0 Å². The van der Waals surface area contributed by atoms with Crippen LogP contribution in [0.2, 0.25) is 0 Å². The van der Waals surface area contributed by atoms with Crippen molar-refractivity contribution in [3.63, 3.8) is 0 Å². The van der Waals surface area contributed by atoms with E-state index in [9.17, 15) is 5.11 Å². The fourth-order valence-corrected chi connectivity index (χ4v) is 4.06. The number of aliphatic hydroxyl groups excluding tert-OH is 1. The lowest BCUT2D eigenvalue weighted by atomic mass is 10.1. The maximum absolute atomic E-state index is 9.57. The molecule has 2 aliphatic heterocycles. The van der Waals surface area contributed by atoms with E-state index in [1.807, 2.05) is 25.3 Å². The SMILES string of the molecule is Cc1noc(-c2ccnc(N3CCCC3CN3CCCC3CO)c2)n1. The van der Waals surface area contributed by atoms with Crippen molar-refractivity contribution in [1.82, 2.24) is 20.0 Å². The zero-order valence-electron chi connectivity index (χ0n) is 14.6. The normalized spacial score (nSPS) is 24.3. The number of rotatable bonds is 5. The average molecular weight is 343 g/mol.